The lowest BCUT2D eigenvalue weighted by molar-refractivity contribution is 0.667. The van der Waals surface area contributed by atoms with Crippen molar-refractivity contribution in [2.75, 3.05) is 0 Å². The lowest BCUT2D eigenvalue weighted by Crippen LogP contribution is -2.36. The summed E-state index contributed by atoms with van der Waals surface area (Å²) in [5.41, 5.74) is 9.32. The molecule has 0 amide bonds. The Bertz CT molecular complexity index is 2820. The van der Waals surface area contributed by atoms with E-state index in [2.05, 4.69) is 145 Å². The second kappa shape index (κ2) is 12.0. The van der Waals surface area contributed by atoms with Crippen LogP contribution in [0, 0.1) is 0 Å². The van der Waals surface area contributed by atoms with E-state index in [0.29, 0.717) is 0 Å². The van der Waals surface area contributed by atoms with Gasteiger partial charge in [0.25, 0.3) is 0 Å². The number of amidine groups is 2. The van der Waals surface area contributed by atoms with Gasteiger partial charge in [-0.15, -0.1) is 0 Å². The minimum Gasteiger partial charge on any atom is -0.456 e. The third-order valence-electron chi connectivity index (χ3n) is 9.94. The summed E-state index contributed by atoms with van der Waals surface area (Å²) in [6.07, 6.45) is -0.479. The van der Waals surface area contributed by atoms with Gasteiger partial charge in [-0.2, -0.15) is 0 Å². The van der Waals surface area contributed by atoms with E-state index in [1.165, 1.54) is 27.1 Å². The van der Waals surface area contributed by atoms with Crippen LogP contribution in [-0.2, 0) is 0 Å². The summed E-state index contributed by atoms with van der Waals surface area (Å²) in [6, 6.07) is 61.7. The van der Waals surface area contributed by atoms with E-state index in [1.54, 1.807) is 0 Å². The van der Waals surface area contributed by atoms with Crippen LogP contribution in [0.3, 0.4) is 0 Å². The molecule has 1 atom stereocenters. The van der Waals surface area contributed by atoms with Crippen LogP contribution in [0.15, 0.2) is 190 Å². The van der Waals surface area contributed by atoms with Crippen LogP contribution in [0.4, 0.5) is 0 Å². The van der Waals surface area contributed by atoms with Crippen molar-refractivity contribution in [3.05, 3.63) is 193 Å². The number of hydrogen-bond acceptors (Lipinski definition) is 4. The van der Waals surface area contributed by atoms with E-state index >= 15 is 0 Å². The Morgan fingerprint density at radius 3 is 1.78 bits per heavy atom. The standard InChI is InChI=1S/C47H31N3O/c1-3-10-30(11-4-1)31-18-21-34(22-19-31)46-48-45(33-13-5-2-6-14-33)49-47(50-46)40-16-9-17-43-44(40)41-29-36(25-27-42(41)51-43)35-24-26-39-37(28-35)23-20-32-12-7-8-15-38(32)39/h1-29,47H,(H,48,49,50). The van der Waals surface area contributed by atoms with Gasteiger partial charge < -0.3 is 9.73 Å². The molecule has 1 unspecified atom stereocenters. The molecule has 1 aliphatic heterocycles. The summed E-state index contributed by atoms with van der Waals surface area (Å²) >= 11 is 0. The van der Waals surface area contributed by atoms with Crippen molar-refractivity contribution < 1.29 is 4.42 Å². The van der Waals surface area contributed by atoms with Crippen LogP contribution >= 0.6 is 0 Å². The number of benzene rings is 8. The molecule has 9 aromatic rings. The Balaban J connectivity index is 1.10. The summed E-state index contributed by atoms with van der Waals surface area (Å²) in [5.74, 6) is 1.56. The van der Waals surface area contributed by atoms with Crippen LogP contribution in [0.5, 0.6) is 0 Å². The maximum absolute atomic E-state index is 6.46. The fourth-order valence-electron chi connectivity index (χ4n) is 7.37. The van der Waals surface area contributed by atoms with Crippen molar-refractivity contribution >= 4 is 55.2 Å². The third-order valence-corrected chi connectivity index (χ3v) is 9.94. The number of nitrogens with one attached hydrogen (secondary N) is 1. The predicted octanol–water partition coefficient (Wildman–Crippen LogP) is 11.7. The average molecular weight is 654 g/mol. The fourth-order valence-corrected chi connectivity index (χ4v) is 7.37. The monoisotopic (exact) mass is 653 g/mol. The minimum atomic E-state index is -0.479. The molecule has 10 rings (SSSR count). The smallest absolute Gasteiger partial charge is 0.170 e. The molecule has 1 aliphatic rings. The summed E-state index contributed by atoms with van der Waals surface area (Å²) in [6.45, 7) is 0. The topological polar surface area (TPSA) is 49.9 Å². The van der Waals surface area contributed by atoms with Crippen molar-refractivity contribution in [1.29, 1.82) is 0 Å². The van der Waals surface area contributed by atoms with E-state index in [1.807, 2.05) is 36.4 Å². The van der Waals surface area contributed by atoms with Gasteiger partial charge in [-0.3, -0.25) is 0 Å². The molecule has 0 radical (unpaired) electrons. The number of fused-ring (bicyclic) bond motifs is 6. The lowest BCUT2D eigenvalue weighted by Gasteiger charge is -2.23. The van der Waals surface area contributed by atoms with Gasteiger partial charge in [-0.05, 0) is 68.1 Å². The minimum absolute atomic E-state index is 0.479. The second-order valence-electron chi connectivity index (χ2n) is 13.0. The van der Waals surface area contributed by atoms with Gasteiger partial charge in [-0.1, -0.05) is 152 Å². The van der Waals surface area contributed by atoms with Crippen molar-refractivity contribution in [2.24, 2.45) is 9.98 Å². The van der Waals surface area contributed by atoms with Gasteiger partial charge in [0.05, 0.1) is 0 Å². The van der Waals surface area contributed by atoms with Gasteiger partial charge in [0, 0.05) is 27.5 Å². The van der Waals surface area contributed by atoms with Crippen LogP contribution in [0.1, 0.15) is 22.9 Å². The molecular weight excluding hydrogens is 623 g/mol. The fraction of sp³-hybridized carbons (Fsp3) is 0.0213. The largest absolute Gasteiger partial charge is 0.456 e. The van der Waals surface area contributed by atoms with E-state index in [4.69, 9.17) is 14.4 Å². The number of furan rings is 1. The van der Waals surface area contributed by atoms with Crippen LogP contribution in [0.25, 0.3) is 65.7 Å². The maximum atomic E-state index is 6.46. The van der Waals surface area contributed by atoms with Crippen molar-refractivity contribution in [3.8, 4) is 22.3 Å². The Labute approximate surface area is 295 Å². The van der Waals surface area contributed by atoms with E-state index < -0.39 is 6.17 Å². The zero-order chi connectivity index (χ0) is 33.7. The Morgan fingerprint density at radius 1 is 0.392 bits per heavy atom. The Morgan fingerprint density at radius 2 is 0.980 bits per heavy atom. The van der Waals surface area contributed by atoms with Crippen molar-refractivity contribution in [3.63, 3.8) is 0 Å². The molecule has 4 nitrogen and oxygen atoms in total. The highest BCUT2D eigenvalue weighted by atomic mass is 16.3. The van der Waals surface area contributed by atoms with Gasteiger partial charge in [-0.25, -0.2) is 9.98 Å². The van der Waals surface area contributed by atoms with Crippen molar-refractivity contribution in [2.45, 2.75) is 6.17 Å². The normalized spacial score (nSPS) is 14.5. The van der Waals surface area contributed by atoms with Gasteiger partial charge >= 0.3 is 0 Å². The second-order valence-corrected chi connectivity index (χ2v) is 13.0. The summed E-state index contributed by atoms with van der Waals surface area (Å²) in [7, 11) is 0. The van der Waals surface area contributed by atoms with Crippen LogP contribution in [0.2, 0.25) is 0 Å². The van der Waals surface area contributed by atoms with Gasteiger partial charge in [0.15, 0.2) is 6.17 Å². The number of aliphatic imine (C=N–C) groups is 2. The first kappa shape index (κ1) is 29.2. The molecule has 1 N–H and O–H groups in total. The van der Waals surface area contributed by atoms with Gasteiger partial charge in [0.1, 0.15) is 22.8 Å². The average Bonchev–Trinajstić information content (AvgIpc) is 3.59. The molecule has 51 heavy (non-hydrogen) atoms. The van der Waals surface area contributed by atoms with E-state index in [-0.39, 0.29) is 0 Å². The molecule has 0 saturated heterocycles. The molecule has 0 spiro atoms. The van der Waals surface area contributed by atoms with Crippen LogP contribution < -0.4 is 5.32 Å². The van der Waals surface area contributed by atoms with Gasteiger partial charge in [0.2, 0.25) is 0 Å². The quantitative estimate of drug-likeness (QED) is 0.188. The molecule has 2 heterocycles. The molecule has 0 fully saturated rings. The molecule has 0 saturated carbocycles. The highest BCUT2D eigenvalue weighted by molar-refractivity contribution is 6.16. The van der Waals surface area contributed by atoms with E-state index in [9.17, 15) is 0 Å². The summed E-state index contributed by atoms with van der Waals surface area (Å²) in [5, 5.41) is 10.6. The predicted molar refractivity (Wildman–Crippen MR) is 211 cm³/mol. The maximum Gasteiger partial charge on any atom is 0.170 e. The first-order valence-electron chi connectivity index (χ1n) is 17.3. The molecular formula is C47H31N3O. The summed E-state index contributed by atoms with van der Waals surface area (Å²) in [4.78, 5) is 10.5. The zero-order valence-electron chi connectivity index (χ0n) is 27.6. The molecule has 0 aliphatic carbocycles. The molecule has 8 aromatic carbocycles. The van der Waals surface area contributed by atoms with E-state index in [0.717, 1.165) is 67.0 Å². The molecule has 0 bridgehead atoms. The highest BCUT2D eigenvalue weighted by Gasteiger charge is 2.24. The zero-order valence-corrected chi connectivity index (χ0v) is 27.6. The van der Waals surface area contributed by atoms with Crippen molar-refractivity contribution in [1.82, 2.24) is 5.32 Å². The summed E-state index contributed by atoms with van der Waals surface area (Å²) < 4.78 is 6.46. The van der Waals surface area contributed by atoms with Crippen LogP contribution in [-0.4, -0.2) is 11.7 Å². The number of rotatable bonds is 5. The first-order chi connectivity index (χ1) is 25.2. The number of hydrogen-bond donors (Lipinski definition) is 1. The lowest BCUT2D eigenvalue weighted by atomic mass is 9.96. The SMILES string of the molecule is c1ccc(C2=NC(c3cccc4oc5ccc(-c6ccc7c(ccc8ccccc87)c6)cc5c34)N=C(c3ccc(-c4ccccc4)cc3)N2)cc1. The number of nitrogens with zero attached hydrogens (tertiary/aromatic N) is 2. The Hall–Kier alpha value is -6.78. The highest BCUT2D eigenvalue weighted by Crippen LogP contribution is 2.39. The first-order valence-corrected chi connectivity index (χ1v) is 17.3. The Kier molecular flexibility index (Phi) is 6.85. The third kappa shape index (κ3) is 5.17. The molecule has 240 valence electrons. The molecule has 1 aromatic heterocycles. The molecule has 4 heteroatoms.